The second kappa shape index (κ2) is 15.4. The van der Waals surface area contributed by atoms with Crippen LogP contribution in [0.2, 0.25) is 0 Å². The number of carboxylic acids is 1. The molecule has 1 amide bonds. The van der Waals surface area contributed by atoms with Crippen molar-refractivity contribution in [3.05, 3.63) is 93.9 Å². The van der Waals surface area contributed by atoms with Crippen molar-refractivity contribution in [2.45, 2.75) is 77.7 Å². The maximum atomic E-state index is 13.5. The van der Waals surface area contributed by atoms with E-state index in [9.17, 15) is 19.5 Å². The van der Waals surface area contributed by atoms with Gasteiger partial charge in [0, 0.05) is 40.7 Å². The van der Waals surface area contributed by atoms with Crippen molar-refractivity contribution in [3.8, 4) is 22.5 Å². The lowest BCUT2D eigenvalue weighted by Crippen LogP contribution is -2.44. The van der Waals surface area contributed by atoms with Gasteiger partial charge in [-0.3, -0.25) is 9.59 Å². The topological polar surface area (TPSA) is 109 Å². The summed E-state index contributed by atoms with van der Waals surface area (Å²) in [7, 11) is 0. The zero-order chi connectivity index (χ0) is 34.4. The number of thioether (sulfide) groups is 1. The number of nitrogens with one attached hydrogen (secondary N) is 1. The summed E-state index contributed by atoms with van der Waals surface area (Å²) in [6.45, 7) is 12.9. The number of thiophene rings is 1. The molecule has 2 aromatic carbocycles. The van der Waals surface area contributed by atoms with Gasteiger partial charge in [-0.25, -0.2) is 14.8 Å². The molecule has 0 aliphatic heterocycles. The van der Waals surface area contributed by atoms with Crippen LogP contribution in [-0.2, 0) is 26.8 Å². The van der Waals surface area contributed by atoms with Crippen LogP contribution in [-0.4, -0.2) is 50.8 Å². The fraction of sp³-hybridized carbons (Fsp3) is 0.395. The number of rotatable bonds is 13. The highest BCUT2D eigenvalue weighted by Gasteiger charge is 2.29. The van der Waals surface area contributed by atoms with Crippen LogP contribution in [0.4, 0.5) is 0 Å². The molecule has 0 unspecified atom stereocenters. The number of ketones is 1. The summed E-state index contributed by atoms with van der Waals surface area (Å²) in [4.78, 5) is 49.7. The predicted octanol–water partition coefficient (Wildman–Crippen LogP) is 8.22. The van der Waals surface area contributed by atoms with Crippen LogP contribution in [0.5, 0.6) is 0 Å². The highest BCUT2D eigenvalue weighted by atomic mass is 32.2. The largest absolute Gasteiger partial charge is 0.480 e. The number of carboxylic acid groups (broad SMARTS) is 1. The molecule has 7 nitrogen and oxygen atoms in total. The average molecular weight is 672 g/mol. The number of carbonyl (C=O) groups excluding carboxylic acids is 2. The van der Waals surface area contributed by atoms with Crippen molar-refractivity contribution in [2.24, 2.45) is 5.92 Å². The number of amides is 1. The molecule has 0 radical (unpaired) electrons. The molecular formula is C38H45N3O4S2. The van der Waals surface area contributed by atoms with Gasteiger partial charge >= 0.3 is 5.97 Å². The Morgan fingerprint density at radius 3 is 1.98 bits per heavy atom. The minimum Gasteiger partial charge on any atom is -0.480 e. The molecular weight excluding hydrogens is 627 g/mol. The number of carbonyl (C=O) groups is 3. The van der Waals surface area contributed by atoms with Crippen molar-refractivity contribution in [1.82, 2.24) is 15.3 Å². The summed E-state index contributed by atoms with van der Waals surface area (Å²) in [5.74, 6) is -1.19. The quantitative estimate of drug-likeness (QED) is 0.138. The third-order valence-corrected chi connectivity index (χ3v) is 10.3. The standard InChI is InChI=1S/C38H45N3O4S2/c1-37(2,3)29-14-12-25(13-15-29)28-22-39-34(40-23-28)26-10-8-24(9-11-26)20-27(35(43)41-30(36(44)45)18-19-46-7)21-31(42)32-16-17-33(47-32)38(4,5)6/h8-17,22-23,27,30H,18-21H2,1-7H3,(H,41,43)(H,44,45)/t27-,30+/m1/s1. The zero-order valence-corrected chi connectivity index (χ0v) is 29.9. The molecule has 0 fully saturated rings. The molecule has 2 N–H and O–H groups in total. The van der Waals surface area contributed by atoms with Gasteiger partial charge in [0.15, 0.2) is 11.6 Å². The number of hydrogen-bond acceptors (Lipinski definition) is 7. The molecule has 0 spiro atoms. The second-order valence-corrected chi connectivity index (χ2v) is 16.0. The number of nitrogens with zero attached hydrogens (tertiary/aromatic N) is 2. The highest BCUT2D eigenvalue weighted by Crippen LogP contribution is 2.31. The normalized spacial score (nSPS) is 13.2. The van der Waals surface area contributed by atoms with Crippen LogP contribution < -0.4 is 5.32 Å². The van der Waals surface area contributed by atoms with Gasteiger partial charge in [-0.15, -0.1) is 11.3 Å². The Hall–Kier alpha value is -3.82. The van der Waals surface area contributed by atoms with Crippen LogP contribution in [0.15, 0.2) is 73.1 Å². The summed E-state index contributed by atoms with van der Waals surface area (Å²) in [5.41, 5.74) is 4.93. The van der Waals surface area contributed by atoms with E-state index in [1.54, 1.807) is 0 Å². The van der Waals surface area contributed by atoms with Crippen LogP contribution in [0.3, 0.4) is 0 Å². The zero-order valence-electron chi connectivity index (χ0n) is 28.3. The van der Waals surface area contributed by atoms with Crippen molar-refractivity contribution in [3.63, 3.8) is 0 Å². The molecule has 0 bridgehead atoms. The summed E-state index contributed by atoms with van der Waals surface area (Å²) in [5, 5.41) is 12.4. The third-order valence-electron chi connectivity index (χ3n) is 8.08. The van der Waals surface area contributed by atoms with Gasteiger partial charge in [-0.1, -0.05) is 90.1 Å². The van der Waals surface area contributed by atoms with Gasteiger partial charge in [0.05, 0.1) is 4.88 Å². The second-order valence-electron chi connectivity index (χ2n) is 13.9. The van der Waals surface area contributed by atoms with Gasteiger partial charge in [0.25, 0.3) is 0 Å². The molecule has 0 aliphatic rings. The van der Waals surface area contributed by atoms with E-state index in [1.807, 2.05) is 55.0 Å². The maximum absolute atomic E-state index is 13.5. The smallest absolute Gasteiger partial charge is 0.326 e. The van der Waals surface area contributed by atoms with E-state index >= 15 is 0 Å². The molecule has 248 valence electrons. The monoisotopic (exact) mass is 671 g/mol. The van der Waals surface area contributed by atoms with Gasteiger partial charge < -0.3 is 10.4 Å². The number of benzene rings is 2. The van der Waals surface area contributed by atoms with Gasteiger partial charge in [0.1, 0.15) is 6.04 Å². The summed E-state index contributed by atoms with van der Waals surface area (Å²) in [6.07, 6.45) is 6.10. The number of aliphatic carboxylic acids is 1. The highest BCUT2D eigenvalue weighted by molar-refractivity contribution is 7.98. The summed E-state index contributed by atoms with van der Waals surface area (Å²) < 4.78 is 0. The molecule has 2 atom stereocenters. The number of aromatic nitrogens is 2. The van der Waals surface area contributed by atoms with E-state index in [2.05, 4.69) is 81.1 Å². The minimum atomic E-state index is -1.08. The first-order valence-corrected chi connectivity index (χ1v) is 18.0. The Morgan fingerprint density at radius 1 is 0.830 bits per heavy atom. The molecule has 0 aliphatic carbocycles. The van der Waals surface area contributed by atoms with E-state index in [0.29, 0.717) is 22.9 Å². The molecule has 2 heterocycles. The lowest BCUT2D eigenvalue weighted by Gasteiger charge is -2.20. The Kier molecular flexibility index (Phi) is 11.8. The summed E-state index contributed by atoms with van der Waals surface area (Å²) in [6, 6.07) is 18.9. The molecule has 4 rings (SSSR count). The molecule has 47 heavy (non-hydrogen) atoms. The predicted molar refractivity (Wildman–Crippen MR) is 193 cm³/mol. The van der Waals surface area contributed by atoms with Gasteiger partial charge in [0.2, 0.25) is 5.91 Å². The Bertz CT molecular complexity index is 1670. The van der Waals surface area contributed by atoms with Gasteiger partial charge in [-0.05, 0) is 64.5 Å². The molecule has 4 aromatic rings. The third kappa shape index (κ3) is 9.84. The minimum absolute atomic E-state index is 0.0200. The Morgan fingerprint density at radius 2 is 1.45 bits per heavy atom. The van der Waals surface area contributed by atoms with E-state index in [4.69, 9.17) is 0 Å². The van der Waals surface area contributed by atoms with E-state index in [0.717, 1.165) is 27.1 Å². The molecule has 2 aromatic heterocycles. The van der Waals surface area contributed by atoms with Crippen molar-refractivity contribution < 1.29 is 19.5 Å². The Labute approximate surface area is 286 Å². The van der Waals surface area contributed by atoms with Crippen molar-refractivity contribution >= 4 is 40.8 Å². The summed E-state index contributed by atoms with van der Waals surface area (Å²) >= 11 is 2.97. The van der Waals surface area contributed by atoms with Crippen molar-refractivity contribution in [2.75, 3.05) is 12.0 Å². The van der Waals surface area contributed by atoms with E-state index < -0.39 is 23.8 Å². The average Bonchev–Trinajstić information content (AvgIpc) is 3.54. The first kappa shape index (κ1) is 36.0. The van der Waals surface area contributed by atoms with Crippen LogP contribution in [0.1, 0.15) is 80.1 Å². The van der Waals surface area contributed by atoms with E-state index in [-0.39, 0.29) is 29.5 Å². The molecule has 9 heteroatoms. The lowest BCUT2D eigenvalue weighted by atomic mass is 9.86. The van der Waals surface area contributed by atoms with Crippen LogP contribution in [0, 0.1) is 5.92 Å². The van der Waals surface area contributed by atoms with E-state index in [1.165, 1.54) is 28.7 Å². The molecule has 0 saturated heterocycles. The molecule has 0 saturated carbocycles. The first-order valence-electron chi connectivity index (χ1n) is 15.8. The van der Waals surface area contributed by atoms with Crippen LogP contribution in [0.25, 0.3) is 22.5 Å². The fourth-order valence-electron chi connectivity index (χ4n) is 5.12. The van der Waals surface area contributed by atoms with Crippen LogP contribution >= 0.6 is 23.1 Å². The lowest BCUT2D eigenvalue weighted by molar-refractivity contribution is -0.142. The number of hydrogen-bond donors (Lipinski definition) is 2. The first-order chi connectivity index (χ1) is 22.2. The maximum Gasteiger partial charge on any atom is 0.326 e. The fourth-order valence-corrected chi connectivity index (χ4v) is 6.60. The van der Waals surface area contributed by atoms with Crippen molar-refractivity contribution in [1.29, 1.82) is 0 Å². The Balaban J connectivity index is 1.51. The van der Waals surface area contributed by atoms with Gasteiger partial charge in [-0.2, -0.15) is 11.8 Å². The SMILES string of the molecule is CSCC[C@H](NC(=O)[C@@H](CC(=O)c1ccc(C(C)(C)C)s1)Cc1ccc(-c2ncc(-c3ccc(C(C)(C)C)cc3)cn2)cc1)C(=O)O. The number of Topliss-reactive ketones (excluding diaryl/α,β-unsaturated/α-hetero) is 1.